The number of alkyl carbamates (subject to hydrolysis) is 1. The Labute approximate surface area is 117 Å². The molecule has 1 aromatic carbocycles. The van der Waals surface area contributed by atoms with Crippen molar-refractivity contribution in [1.29, 1.82) is 0 Å². The predicted molar refractivity (Wildman–Crippen MR) is 73.1 cm³/mol. The lowest BCUT2D eigenvalue weighted by Gasteiger charge is -2.08. The molecule has 0 fully saturated rings. The van der Waals surface area contributed by atoms with Gasteiger partial charge in [0.05, 0.1) is 12.2 Å². The Morgan fingerprint density at radius 1 is 1.40 bits per heavy atom. The summed E-state index contributed by atoms with van der Waals surface area (Å²) in [5.74, 6) is -0.513. The Morgan fingerprint density at radius 3 is 2.90 bits per heavy atom. The van der Waals surface area contributed by atoms with E-state index >= 15 is 0 Å². The summed E-state index contributed by atoms with van der Waals surface area (Å²) in [7, 11) is 0. The van der Waals surface area contributed by atoms with Crippen molar-refractivity contribution in [1.82, 2.24) is 5.32 Å². The van der Waals surface area contributed by atoms with E-state index in [0.29, 0.717) is 25.3 Å². The lowest BCUT2D eigenvalue weighted by molar-refractivity contribution is 0.0696. The molecule has 108 valence electrons. The summed E-state index contributed by atoms with van der Waals surface area (Å²) in [5.41, 5.74) is 0.175. The SMILES string of the molecule is C=CCOC(=O)NCCCOc1cccc(C(=O)O)c1. The van der Waals surface area contributed by atoms with Crippen LogP contribution in [0.15, 0.2) is 36.9 Å². The summed E-state index contributed by atoms with van der Waals surface area (Å²) in [6, 6.07) is 6.24. The number of carbonyl (C=O) groups excluding carboxylic acids is 1. The van der Waals surface area contributed by atoms with Gasteiger partial charge in [0, 0.05) is 6.54 Å². The Morgan fingerprint density at radius 2 is 2.20 bits per heavy atom. The zero-order valence-corrected chi connectivity index (χ0v) is 11.0. The van der Waals surface area contributed by atoms with Crippen LogP contribution >= 0.6 is 0 Å². The van der Waals surface area contributed by atoms with Crippen LogP contribution in [0.3, 0.4) is 0 Å². The van der Waals surface area contributed by atoms with Crippen LogP contribution in [-0.2, 0) is 4.74 Å². The van der Waals surface area contributed by atoms with Crippen LogP contribution < -0.4 is 10.1 Å². The number of amides is 1. The highest BCUT2D eigenvalue weighted by Crippen LogP contribution is 2.13. The first kappa shape index (κ1) is 15.6. The van der Waals surface area contributed by atoms with Crippen molar-refractivity contribution in [2.24, 2.45) is 0 Å². The lowest BCUT2D eigenvalue weighted by atomic mass is 10.2. The van der Waals surface area contributed by atoms with Gasteiger partial charge in [-0.25, -0.2) is 9.59 Å². The van der Waals surface area contributed by atoms with E-state index in [0.717, 1.165) is 0 Å². The maximum atomic E-state index is 11.1. The maximum Gasteiger partial charge on any atom is 0.407 e. The standard InChI is InChI=1S/C14H17NO5/c1-2-8-20-14(18)15-7-4-9-19-12-6-3-5-11(10-12)13(16)17/h2-3,5-6,10H,1,4,7-9H2,(H,15,18)(H,16,17). The minimum atomic E-state index is -0.998. The van der Waals surface area contributed by atoms with Gasteiger partial charge < -0.3 is 19.9 Å². The second-order valence-corrected chi connectivity index (χ2v) is 3.85. The molecule has 6 nitrogen and oxygen atoms in total. The Hall–Kier alpha value is -2.50. The molecule has 1 rings (SSSR count). The Balaban J connectivity index is 2.21. The Bertz CT molecular complexity index is 472. The highest BCUT2D eigenvalue weighted by Gasteiger charge is 2.04. The van der Waals surface area contributed by atoms with E-state index in [9.17, 15) is 9.59 Å². The maximum absolute atomic E-state index is 11.1. The highest BCUT2D eigenvalue weighted by atomic mass is 16.5. The molecular weight excluding hydrogens is 262 g/mol. The molecule has 0 aliphatic carbocycles. The number of hydrogen-bond acceptors (Lipinski definition) is 4. The van der Waals surface area contributed by atoms with Crippen molar-refractivity contribution in [3.63, 3.8) is 0 Å². The molecule has 6 heteroatoms. The van der Waals surface area contributed by atoms with Gasteiger partial charge in [0.15, 0.2) is 0 Å². The number of aromatic carboxylic acids is 1. The molecule has 0 spiro atoms. The van der Waals surface area contributed by atoms with Crippen LogP contribution in [-0.4, -0.2) is 36.9 Å². The summed E-state index contributed by atoms with van der Waals surface area (Å²) < 4.78 is 10.1. The fourth-order valence-corrected chi connectivity index (χ4v) is 1.36. The number of benzene rings is 1. The molecule has 0 bridgehead atoms. The molecule has 0 saturated carbocycles. The zero-order chi connectivity index (χ0) is 14.8. The van der Waals surface area contributed by atoms with Crippen LogP contribution in [0.5, 0.6) is 5.75 Å². The number of ether oxygens (including phenoxy) is 2. The first-order chi connectivity index (χ1) is 9.63. The van der Waals surface area contributed by atoms with Gasteiger partial charge in [-0.05, 0) is 24.6 Å². The summed E-state index contributed by atoms with van der Waals surface area (Å²) in [4.78, 5) is 21.8. The van der Waals surface area contributed by atoms with Gasteiger partial charge in [0.2, 0.25) is 0 Å². The molecule has 0 saturated heterocycles. The van der Waals surface area contributed by atoms with E-state index in [-0.39, 0.29) is 12.2 Å². The minimum Gasteiger partial charge on any atom is -0.494 e. The fraction of sp³-hybridized carbons (Fsp3) is 0.286. The van der Waals surface area contributed by atoms with Crippen LogP contribution in [0.25, 0.3) is 0 Å². The second kappa shape index (κ2) is 8.58. The van der Waals surface area contributed by atoms with Gasteiger partial charge in [-0.3, -0.25) is 0 Å². The smallest absolute Gasteiger partial charge is 0.407 e. The van der Waals surface area contributed by atoms with Gasteiger partial charge in [-0.1, -0.05) is 18.7 Å². The van der Waals surface area contributed by atoms with Crippen LogP contribution in [0, 0.1) is 0 Å². The molecule has 0 radical (unpaired) electrons. The van der Waals surface area contributed by atoms with Crippen LogP contribution in [0.1, 0.15) is 16.8 Å². The summed E-state index contributed by atoms with van der Waals surface area (Å²) >= 11 is 0. The number of rotatable bonds is 8. The fourth-order valence-electron chi connectivity index (χ4n) is 1.36. The average molecular weight is 279 g/mol. The summed E-state index contributed by atoms with van der Waals surface area (Å²) in [5, 5.41) is 11.4. The molecule has 0 heterocycles. The average Bonchev–Trinajstić information content (AvgIpc) is 2.45. The van der Waals surface area contributed by atoms with Gasteiger partial charge in [-0.2, -0.15) is 0 Å². The first-order valence-corrected chi connectivity index (χ1v) is 6.11. The van der Waals surface area contributed by atoms with Crippen molar-refractivity contribution in [2.75, 3.05) is 19.8 Å². The number of hydrogen-bond donors (Lipinski definition) is 2. The van der Waals surface area contributed by atoms with Gasteiger partial charge in [0.1, 0.15) is 12.4 Å². The van der Waals surface area contributed by atoms with Gasteiger partial charge in [0.25, 0.3) is 0 Å². The molecule has 0 unspecified atom stereocenters. The molecule has 0 aromatic heterocycles. The van der Waals surface area contributed by atoms with Crippen LogP contribution in [0.4, 0.5) is 4.79 Å². The largest absolute Gasteiger partial charge is 0.494 e. The first-order valence-electron chi connectivity index (χ1n) is 6.11. The van der Waals surface area contributed by atoms with E-state index in [2.05, 4.69) is 11.9 Å². The molecule has 20 heavy (non-hydrogen) atoms. The zero-order valence-electron chi connectivity index (χ0n) is 11.0. The molecule has 0 aliphatic heterocycles. The molecule has 2 N–H and O–H groups in total. The minimum absolute atomic E-state index is 0.171. The lowest BCUT2D eigenvalue weighted by Crippen LogP contribution is -2.26. The molecule has 1 amide bonds. The second-order valence-electron chi connectivity index (χ2n) is 3.85. The van der Waals surface area contributed by atoms with E-state index in [1.54, 1.807) is 12.1 Å². The van der Waals surface area contributed by atoms with Gasteiger partial charge >= 0.3 is 12.1 Å². The van der Waals surface area contributed by atoms with Crippen molar-refractivity contribution in [3.8, 4) is 5.75 Å². The van der Waals surface area contributed by atoms with E-state index < -0.39 is 12.1 Å². The molecule has 0 aliphatic rings. The predicted octanol–water partition coefficient (Wildman–Crippen LogP) is 2.07. The Kier molecular flexibility index (Phi) is 6.67. The van der Waals surface area contributed by atoms with Crippen molar-refractivity contribution in [2.45, 2.75) is 6.42 Å². The third-order valence-corrected chi connectivity index (χ3v) is 2.27. The number of carboxylic acids is 1. The number of carbonyl (C=O) groups is 2. The molecule has 1 aromatic rings. The van der Waals surface area contributed by atoms with Crippen LogP contribution in [0.2, 0.25) is 0 Å². The monoisotopic (exact) mass is 279 g/mol. The van der Waals surface area contributed by atoms with Gasteiger partial charge in [-0.15, -0.1) is 0 Å². The summed E-state index contributed by atoms with van der Waals surface area (Å²) in [6.07, 6.45) is 1.57. The van der Waals surface area contributed by atoms with Crippen molar-refractivity contribution < 1.29 is 24.2 Å². The molecular formula is C14H17NO5. The number of carboxylic acid groups (broad SMARTS) is 1. The third kappa shape index (κ3) is 5.90. The van der Waals surface area contributed by atoms with Crippen molar-refractivity contribution >= 4 is 12.1 Å². The van der Waals surface area contributed by atoms with Crippen molar-refractivity contribution in [3.05, 3.63) is 42.5 Å². The quantitative estimate of drug-likeness (QED) is 0.562. The van der Waals surface area contributed by atoms with E-state index in [1.807, 2.05) is 0 Å². The third-order valence-electron chi connectivity index (χ3n) is 2.27. The topological polar surface area (TPSA) is 84.9 Å². The van der Waals surface area contributed by atoms with E-state index in [4.69, 9.17) is 14.6 Å². The van der Waals surface area contributed by atoms with E-state index in [1.165, 1.54) is 18.2 Å². The normalized spacial score (nSPS) is 9.60. The summed E-state index contributed by atoms with van der Waals surface area (Å²) in [6.45, 7) is 4.38. The highest BCUT2D eigenvalue weighted by molar-refractivity contribution is 5.87. The molecule has 0 atom stereocenters. The number of nitrogens with one attached hydrogen (secondary N) is 1.